The van der Waals surface area contributed by atoms with Crippen LogP contribution in [0.3, 0.4) is 0 Å². The Bertz CT molecular complexity index is 461. The van der Waals surface area contributed by atoms with Gasteiger partial charge in [-0.1, -0.05) is 12.1 Å². The molecule has 0 spiro atoms. The third kappa shape index (κ3) is 3.49. The van der Waals surface area contributed by atoms with Gasteiger partial charge in [-0.15, -0.1) is 0 Å². The molecule has 17 heavy (non-hydrogen) atoms. The lowest BCUT2D eigenvalue weighted by Gasteiger charge is -2.12. The van der Waals surface area contributed by atoms with Crippen LogP contribution in [0.25, 0.3) is 0 Å². The van der Waals surface area contributed by atoms with E-state index in [1.165, 1.54) is 0 Å². The summed E-state index contributed by atoms with van der Waals surface area (Å²) < 4.78 is 5.24. The topological polar surface area (TPSA) is 62.1 Å². The lowest BCUT2D eigenvalue weighted by Crippen LogP contribution is -2.28. The van der Waals surface area contributed by atoms with Crippen LogP contribution in [0.15, 0.2) is 12.1 Å². The second kappa shape index (κ2) is 5.90. The van der Waals surface area contributed by atoms with Crippen LogP contribution >= 0.6 is 0 Å². The number of carbonyl (C=O) groups is 1. The molecular weight excluding hydrogens is 216 g/mol. The quantitative estimate of drug-likeness (QED) is 0.815. The van der Waals surface area contributed by atoms with Crippen LogP contribution in [0.5, 0.6) is 5.75 Å². The number of amides is 1. The van der Waals surface area contributed by atoms with Gasteiger partial charge in [0, 0.05) is 6.54 Å². The van der Waals surface area contributed by atoms with Crippen molar-refractivity contribution in [1.82, 2.24) is 5.32 Å². The maximum absolute atomic E-state index is 11.5. The summed E-state index contributed by atoms with van der Waals surface area (Å²) in [6.45, 7) is 6.08. The van der Waals surface area contributed by atoms with E-state index in [1.54, 1.807) is 0 Å². The maximum Gasteiger partial charge on any atom is 0.412 e. The molecule has 0 saturated heterocycles. The average Bonchev–Trinajstić information content (AvgIpc) is 2.30. The van der Waals surface area contributed by atoms with E-state index in [4.69, 9.17) is 10.00 Å². The largest absolute Gasteiger partial charge is 0.412 e. The minimum atomic E-state index is -0.517. The standard InChI is InChI=1S/C13H16N2O2/c1-9-5-6-10(2)12(11(9)3)17-13(16)15-8-4-7-14/h5-6H,4,8H2,1-3H3,(H,15,16). The van der Waals surface area contributed by atoms with Gasteiger partial charge < -0.3 is 10.1 Å². The first-order valence-electron chi connectivity index (χ1n) is 5.45. The van der Waals surface area contributed by atoms with Gasteiger partial charge in [-0.3, -0.25) is 0 Å². The third-order valence-electron chi connectivity index (χ3n) is 2.57. The smallest absolute Gasteiger partial charge is 0.410 e. The summed E-state index contributed by atoms with van der Waals surface area (Å²) >= 11 is 0. The zero-order valence-corrected chi connectivity index (χ0v) is 10.3. The van der Waals surface area contributed by atoms with Gasteiger partial charge in [-0.25, -0.2) is 4.79 Å². The molecule has 0 aromatic heterocycles. The van der Waals surface area contributed by atoms with Crippen molar-refractivity contribution in [2.45, 2.75) is 27.2 Å². The van der Waals surface area contributed by atoms with E-state index < -0.39 is 6.09 Å². The Labute approximate surface area is 101 Å². The summed E-state index contributed by atoms with van der Waals surface area (Å²) in [4.78, 5) is 11.5. The highest BCUT2D eigenvalue weighted by Crippen LogP contribution is 2.25. The number of nitrogens with zero attached hydrogens (tertiary/aromatic N) is 1. The fourth-order valence-corrected chi connectivity index (χ4v) is 1.43. The van der Waals surface area contributed by atoms with E-state index in [2.05, 4.69) is 5.32 Å². The number of hydrogen-bond donors (Lipinski definition) is 1. The molecule has 0 radical (unpaired) electrons. The van der Waals surface area contributed by atoms with Crippen LogP contribution < -0.4 is 10.1 Å². The Morgan fingerprint density at radius 1 is 1.35 bits per heavy atom. The minimum Gasteiger partial charge on any atom is -0.410 e. The monoisotopic (exact) mass is 232 g/mol. The van der Waals surface area contributed by atoms with Gasteiger partial charge in [0.2, 0.25) is 0 Å². The number of aryl methyl sites for hydroxylation is 2. The summed E-state index contributed by atoms with van der Waals surface area (Å²) in [6.07, 6.45) is -0.238. The maximum atomic E-state index is 11.5. The molecule has 1 N–H and O–H groups in total. The van der Waals surface area contributed by atoms with E-state index in [-0.39, 0.29) is 6.42 Å². The normalized spacial score (nSPS) is 9.53. The van der Waals surface area contributed by atoms with Crippen LogP contribution in [-0.2, 0) is 0 Å². The third-order valence-corrected chi connectivity index (χ3v) is 2.57. The van der Waals surface area contributed by atoms with Crippen molar-refractivity contribution >= 4 is 6.09 Å². The molecule has 1 aromatic rings. The first-order valence-corrected chi connectivity index (χ1v) is 5.45. The summed E-state index contributed by atoms with van der Waals surface area (Å²) in [5.74, 6) is 0.597. The predicted molar refractivity (Wildman–Crippen MR) is 64.9 cm³/mol. The number of carbonyl (C=O) groups excluding carboxylic acids is 1. The van der Waals surface area contributed by atoms with Gasteiger partial charge in [0.15, 0.2) is 0 Å². The fraction of sp³-hybridized carbons (Fsp3) is 0.385. The van der Waals surface area contributed by atoms with Gasteiger partial charge in [-0.05, 0) is 37.5 Å². The molecular formula is C13H16N2O2. The second-order valence-electron chi connectivity index (χ2n) is 3.88. The molecule has 4 heteroatoms. The lowest BCUT2D eigenvalue weighted by atomic mass is 10.1. The summed E-state index contributed by atoms with van der Waals surface area (Å²) in [7, 11) is 0. The molecule has 0 aliphatic rings. The number of ether oxygens (including phenoxy) is 1. The first kappa shape index (κ1) is 13.0. The Kier molecular flexibility index (Phi) is 4.53. The highest BCUT2D eigenvalue weighted by atomic mass is 16.6. The SMILES string of the molecule is Cc1ccc(C)c(OC(=O)NCCC#N)c1C. The van der Waals surface area contributed by atoms with Crippen molar-refractivity contribution < 1.29 is 9.53 Å². The van der Waals surface area contributed by atoms with E-state index >= 15 is 0 Å². The van der Waals surface area contributed by atoms with Crippen LogP contribution in [0, 0.1) is 32.1 Å². The number of nitriles is 1. The molecule has 1 amide bonds. The van der Waals surface area contributed by atoms with Crippen LogP contribution in [0.2, 0.25) is 0 Å². The Hall–Kier alpha value is -2.02. The van der Waals surface area contributed by atoms with E-state index in [1.807, 2.05) is 39.0 Å². The van der Waals surface area contributed by atoms with Gasteiger partial charge in [0.25, 0.3) is 0 Å². The highest BCUT2D eigenvalue weighted by molar-refractivity contribution is 5.71. The Morgan fingerprint density at radius 3 is 2.65 bits per heavy atom. The van der Waals surface area contributed by atoms with Gasteiger partial charge >= 0.3 is 6.09 Å². The van der Waals surface area contributed by atoms with Crippen LogP contribution in [0.1, 0.15) is 23.1 Å². The molecule has 0 bridgehead atoms. The molecule has 0 fully saturated rings. The van der Waals surface area contributed by atoms with Crippen molar-refractivity contribution in [3.8, 4) is 11.8 Å². The molecule has 4 nitrogen and oxygen atoms in total. The average molecular weight is 232 g/mol. The van der Waals surface area contributed by atoms with Crippen molar-refractivity contribution in [2.75, 3.05) is 6.54 Å². The van der Waals surface area contributed by atoms with E-state index in [9.17, 15) is 4.79 Å². The second-order valence-corrected chi connectivity index (χ2v) is 3.88. The zero-order chi connectivity index (χ0) is 12.8. The summed E-state index contributed by atoms with van der Waals surface area (Å²) in [5, 5.41) is 10.9. The van der Waals surface area contributed by atoms with Crippen molar-refractivity contribution in [1.29, 1.82) is 5.26 Å². The summed E-state index contributed by atoms with van der Waals surface area (Å²) in [6, 6.07) is 5.86. The zero-order valence-electron chi connectivity index (χ0n) is 10.3. The van der Waals surface area contributed by atoms with Crippen LogP contribution in [-0.4, -0.2) is 12.6 Å². The molecule has 90 valence electrons. The van der Waals surface area contributed by atoms with Gasteiger partial charge in [0.05, 0.1) is 12.5 Å². The minimum absolute atomic E-state index is 0.279. The Morgan fingerprint density at radius 2 is 2.00 bits per heavy atom. The molecule has 1 aromatic carbocycles. The number of benzene rings is 1. The molecule has 0 saturated carbocycles. The molecule has 0 aliphatic heterocycles. The van der Waals surface area contributed by atoms with E-state index in [0.717, 1.165) is 16.7 Å². The predicted octanol–water partition coefficient (Wildman–Crippen LogP) is 2.61. The number of hydrogen-bond acceptors (Lipinski definition) is 3. The molecule has 0 heterocycles. The Balaban J connectivity index is 2.72. The van der Waals surface area contributed by atoms with Crippen molar-refractivity contribution in [3.63, 3.8) is 0 Å². The van der Waals surface area contributed by atoms with Crippen molar-refractivity contribution in [3.05, 3.63) is 28.8 Å². The van der Waals surface area contributed by atoms with Gasteiger partial charge in [-0.2, -0.15) is 5.26 Å². The number of rotatable bonds is 3. The summed E-state index contributed by atoms with van der Waals surface area (Å²) in [5.41, 5.74) is 2.96. The molecule has 0 atom stereocenters. The van der Waals surface area contributed by atoms with Crippen molar-refractivity contribution in [2.24, 2.45) is 0 Å². The van der Waals surface area contributed by atoms with Crippen LogP contribution in [0.4, 0.5) is 4.79 Å². The number of nitrogens with one attached hydrogen (secondary N) is 1. The lowest BCUT2D eigenvalue weighted by molar-refractivity contribution is 0.200. The van der Waals surface area contributed by atoms with Gasteiger partial charge in [0.1, 0.15) is 5.75 Å². The molecule has 0 aliphatic carbocycles. The molecule has 1 rings (SSSR count). The van der Waals surface area contributed by atoms with E-state index in [0.29, 0.717) is 12.3 Å². The molecule has 0 unspecified atom stereocenters. The first-order chi connectivity index (χ1) is 8.06. The fourth-order valence-electron chi connectivity index (χ4n) is 1.43. The highest BCUT2D eigenvalue weighted by Gasteiger charge is 2.10.